The molecule has 0 saturated carbocycles. The number of nitrogens with one attached hydrogen (secondary N) is 2. The van der Waals surface area contributed by atoms with E-state index in [4.69, 9.17) is 4.42 Å². The summed E-state index contributed by atoms with van der Waals surface area (Å²) in [6, 6.07) is 10.4. The number of carbonyl (C=O) groups is 1. The van der Waals surface area contributed by atoms with Crippen LogP contribution >= 0.6 is 15.9 Å². The summed E-state index contributed by atoms with van der Waals surface area (Å²) in [6.07, 6.45) is 0. The largest absolute Gasteiger partial charge is 0.417 e. The number of fused-ring (bicyclic) bond motifs is 1. The first-order valence-electron chi connectivity index (χ1n) is 6.23. The Morgan fingerprint density at radius 2 is 2.05 bits per heavy atom. The average Bonchev–Trinajstić information content (AvgIpc) is 2.77. The van der Waals surface area contributed by atoms with Gasteiger partial charge in [0.25, 0.3) is 5.91 Å². The van der Waals surface area contributed by atoms with Gasteiger partial charge >= 0.3 is 5.76 Å². The van der Waals surface area contributed by atoms with Crippen LogP contribution in [0.25, 0.3) is 11.1 Å². The molecule has 1 amide bonds. The highest BCUT2D eigenvalue weighted by atomic mass is 79.9. The first-order valence-corrected chi connectivity index (χ1v) is 7.02. The number of hydrogen-bond donors (Lipinski definition) is 2. The molecule has 0 spiro atoms. The second kappa shape index (κ2) is 5.21. The quantitative estimate of drug-likeness (QED) is 0.746. The molecule has 3 rings (SSSR count). The van der Waals surface area contributed by atoms with E-state index in [1.807, 2.05) is 19.1 Å². The number of aromatic amines is 1. The van der Waals surface area contributed by atoms with Crippen molar-refractivity contribution in [3.05, 3.63) is 62.5 Å². The zero-order chi connectivity index (χ0) is 15.0. The second-order valence-corrected chi connectivity index (χ2v) is 5.55. The van der Waals surface area contributed by atoms with Crippen LogP contribution in [0.3, 0.4) is 0 Å². The molecule has 6 heteroatoms. The van der Waals surface area contributed by atoms with Gasteiger partial charge in [-0.05, 0) is 48.9 Å². The van der Waals surface area contributed by atoms with E-state index in [1.165, 1.54) is 0 Å². The van der Waals surface area contributed by atoms with E-state index in [-0.39, 0.29) is 5.91 Å². The van der Waals surface area contributed by atoms with Gasteiger partial charge in [0.05, 0.1) is 5.52 Å². The van der Waals surface area contributed by atoms with E-state index in [9.17, 15) is 9.59 Å². The predicted octanol–water partition coefficient (Wildman–Crippen LogP) is 3.44. The SMILES string of the molecule is Cc1cc(Br)ccc1C(=O)Nc1ccc2oc(=O)[nH]c2c1. The van der Waals surface area contributed by atoms with Gasteiger partial charge in [0, 0.05) is 15.7 Å². The Balaban J connectivity index is 1.90. The Labute approximate surface area is 128 Å². The molecule has 0 unspecified atom stereocenters. The smallest absolute Gasteiger partial charge is 0.408 e. The van der Waals surface area contributed by atoms with Crippen molar-refractivity contribution in [3.8, 4) is 0 Å². The normalized spacial score (nSPS) is 10.8. The van der Waals surface area contributed by atoms with Crippen LogP contribution in [-0.4, -0.2) is 10.9 Å². The van der Waals surface area contributed by atoms with E-state index in [0.29, 0.717) is 22.4 Å². The zero-order valence-corrected chi connectivity index (χ0v) is 12.7. The maximum absolute atomic E-state index is 12.3. The lowest BCUT2D eigenvalue weighted by Gasteiger charge is -2.08. The maximum Gasteiger partial charge on any atom is 0.417 e. The molecule has 0 aliphatic heterocycles. The Morgan fingerprint density at radius 3 is 2.81 bits per heavy atom. The fraction of sp³-hybridized carbons (Fsp3) is 0.0667. The van der Waals surface area contributed by atoms with Crippen LogP contribution < -0.4 is 11.1 Å². The number of halogens is 1. The Morgan fingerprint density at radius 1 is 1.24 bits per heavy atom. The van der Waals surface area contributed by atoms with Crippen LogP contribution in [0.2, 0.25) is 0 Å². The molecular formula is C15H11BrN2O3. The fourth-order valence-electron chi connectivity index (χ4n) is 2.11. The van der Waals surface area contributed by atoms with Gasteiger partial charge in [-0.15, -0.1) is 0 Å². The molecule has 0 saturated heterocycles. The molecule has 0 fully saturated rings. The van der Waals surface area contributed by atoms with E-state index in [1.54, 1.807) is 24.3 Å². The number of oxazole rings is 1. The molecule has 21 heavy (non-hydrogen) atoms. The highest BCUT2D eigenvalue weighted by Crippen LogP contribution is 2.19. The molecule has 2 N–H and O–H groups in total. The summed E-state index contributed by atoms with van der Waals surface area (Å²) < 4.78 is 5.84. The lowest BCUT2D eigenvalue weighted by molar-refractivity contribution is 0.102. The van der Waals surface area contributed by atoms with Crippen molar-refractivity contribution in [2.24, 2.45) is 0 Å². The number of aromatic nitrogens is 1. The van der Waals surface area contributed by atoms with Gasteiger partial charge < -0.3 is 9.73 Å². The summed E-state index contributed by atoms with van der Waals surface area (Å²) in [5.74, 6) is -0.720. The maximum atomic E-state index is 12.3. The molecule has 0 bridgehead atoms. The van der Waals surface area contributed by atoms with Crippen molar-refractivity contribution in [2.45, 2.75) is 6.92 Å². The molecule has 0 aliphatic carbocycles. The van der Waals surface area contributed by atoms with Crippen LogP contribution in [-0.2, 0) is 0 Å². The van der Waals surface area contributed by atoms with Crippen LogP contribution in [0.15, 0.2) is 50.1 Å². The van der Waals surface area contributed by atoms with Crippen LogP contribution in [0.4, 0.5) is 5.69 Å². The van der Waals surface area contributed by atoms with E-state index in [2.05, 4.69) is 26.2 Å². The Bertz CT molecular complexity index is 895. The number of amides is 1. The molecular weight excluding hydrogens is 336 g/mol. The topological polar surface area (TPSA) is 75.1 Å². The predicted molar refractivity (Wildman–Crippen MR) is 83.7 cm³/mol. The van der Waals surface area contributed by atoms with E-state index in [0.717, 1.165) is 10.0 Å². The van der Waals surface area contributed by atoms with Gasteiger partial charge in [-0.1, -0.05) is 15.9 Å². The minimum atomic E-state index is -0.516. The second-order valence-electron chi connectivity index (χ2n) is 4.64. The molecule has 2 aromatic carbocycles. The number of aryl methyl sites for hydroxylation is 1. The molecule has 0 aliphatic rings. The molecule has 1 aromatic heterocycles. The molecule has 5 nitrogen and oxygen atoms in total. The van der Waals surface area contributed by atoms with Gasteiger partial charge in [0.1, 0.15) is 0 Å². The summed E-state index contributed by atoms with van der Waals surface area (Å²) in [6.45, 7) is 1.87. The highest BCUT2D eigenvalue weighted by molar-refractivity contribution is 9.10. The number of benzene rings is 2. The minimum absolute atomic E-state index is 0.204. The molecule has 106 valence electrons. The minimum Gasteiger partial charge on any atom is -0.408 e. The van der Waals surface area contributed by atoms with Crippen molar-refractivity contribution in [1.82, 2.24) is 4.98 Å². The third-order valence-electron chi connectivity index (χ3n) is 3.11. The molecule has 0 atom stereocenters. The third kappa shape index (κ3) is 2.75. The van der Waals surface area contributed by atoms with Crippen LogP contribution in [0.5, 0.6) is 0 Å². The number of rotatable bonds is 2. The number of hydrogen-bond acceptors (Lipinski definition) is 3. The molecule has 3 aromatic rings. The van der Waals surface area contributed by atoms with Crippen molar-refractivity contribution in [2.75, 3.05) is 5.32 Å². The lowest BCUT2D eigenvalue weighted by atomic mass is 10.1. The van der Waals surface area contributed by atoms with Crippen molar-refractivity contribution in [1.29, 1.82) is 0 Å². The Hall–Kier alpha value is -2.34. The number of anilines is 1. The number of H-pyrrole nitrogens is 1. The van der Waals surface area contributed by atoms with Crippen molar-refractivity contribution < 1.29 is 9.21 Å². The van der Waals surface area contributed by atoms with E-state index >= 15 is 0 Å². The summed E-state index contributed by atoms with van der Waals surface area (Å²) in [4.78, 5) is 25.9. The van der Waals surface area contributed by atoms with Gasteiger partial charge in [0.2, 0.25) is 0 Å². The van der Waals surface area contributed by atoms with Crippen LogP contribution in [0.1, 0.15) is 15.9 Å². The fourth-order valence-corrected chi connectivity index (χ4v) is 2.59. The van der Waals surface area contributed by atoms with Gasteiger partial charge in [-0.3, -0.25) is 9.78 Å². The van der Waals surface area contributed by atoms with Gasteiger partial charge in [-0.25, -0.2) is 4.79 Å². The van der Waals surface area contributed by atoms with Crippen LogP contribution in [0, 0.1) is 6.92 Å². The zero-order valence-electron chi connectivity index (χ0n) is 11.1. The van der Waals surface area contributed by atoms with Crippen molar-refractivity contribution >= 4 is 38.6 Å². The number of carbonyl (C=O) groups excluding carboxylic acids is 1. The van der Waals surface area contributed by atoms with E-state index < -0.39 is 5.76 Å². The Kier molecular flexibility index (Phi) is 3.39. The highest BCUT2D eigenvalue weighted by Gasteiger charge is 2.10. The van der Waals surface area contributed by atoms with Crippen molar-refractivity contribution in [3.63, 3.8) is 0 Å². The summed E-state index contributed by atoms with van der Waals surface area (Å²) in [5.41, 5.74) is 3.06. The molecule has 0 radical (unpaired) electrons. The monoisotopic (exact) mass is 346 g/mol. The lowest BCUT2D eigenvalue weighted by Crippen LogP contribution is -2.13. The van der Waals surface area contributed by atoms with Gasteiger partial charge in [0.15, 0.2) is 5.58 Å². The van der Waals surface area contributed by atoms with Gasteiger partial charge in [-0.2, -0.15) is 0 Å². The third-order valence-corrected chi connectivity index (χ3v) is 3.60. The average molecular weight is 347 g/mol. The molecule has 1 heterocycles. The first kappa shape index (κ1) is 13.6. The summed E-state index contributed by atoms with van der Waals surface area (Å²) in [7, 11) is 0. The standard InChI is InChI=1S/C15H11BrN2O3/c1-8-6-9(16)2-4-11(8)14(19)17-10-3-5-13-12(7-10)18-15(20)21-13/h2-7H,1H3,(H,17,19)(H,18,20). The summed E-state index contributed by atoms with van der Waals surface area (Å²) >= 11 is 3.37. The first-order chi connectivity index (χ1) is 10.0. The summed E-state index contributed by atoms with van der Waals surface area (Å²) in [5, 5.41) is 2.80.